The summed E-state index contributed by atoms with van der Waals surface area (Å²) in [5.74, 6) is 5.54. The molecular weight excluding hydrogens is 453 g/mol. The fourth-order valence-electron chi connectivity index (χ4n) is 5.01. The molecule has 0 spiro atoms. The third-order valence-electron chi connectivity index (χ3n) is 6.71. The number of aliphatic hydroxyl groups is 1. The van der Waals surface area contributed by atoms with Gasteiger partial charge in [-0.05, 0) is 63.3 Å². The molecule has 0 unspecified atom stereocenters. The van der Waals surface area contributed by atoms with E-state index < -0.39 is 15.8 Å². The number of benzene rings is 2. The number of halogens is 1. The van der Waals surface area contributed by atoms with Gasteiger partial charge in [-0.2, -0.15) is 4.31 Å². The Bertz CT molecular complexity index is 1160. The van der Waals surface area contributed by atoms with Crippen LogP contribution in [0.2, 0.25) is 0 Å². The van der Waals surface area contributed by atoms with Gasteiger partial charge < -0.3 is 5.11 Å². The van der Waals surface area contributed by atoms with Crippen molar-refractivity contribution >= 4 is 10.0 Å². The number of rotatable bonds is 5. The fourth-order valence-corrected chi connectivity index (χ4v) is 6.57. The van der Waals surface area contributed by atoms with Crippen molar-refractivity contribution in [1.82, 2.24) is 14.1 Å². The molecule has 0 radical (unpaired) electrons. The predicted molar refractivity (Wildman–Crippen MR) is 130 cm³/mol. The normalized spacial score (nSPS) is 23.9. The van der Waals surface area contributed by atoms with Crippen LogP contribution in [-0.2, 0) is 10.0 Å². The van der Waals surface area contributed by atoms with Crippen molar-refractivity contribution in [3.8, 4) is 11.8 Å². The maximum atomic E-state index is 14.4. The van der Waals surface area contributed by atoms with Crippen LogP contribution in [0.15, 0.2) is 53.4 Å². The number of fused-ring (bicyclic) bond motifs is 1. The molecule has 34 heavy (non-hydrogen) atoms. The number of hydrogen-bond donors (Lipinski definition) is 1. The third-order valence-corrected chi connectivity index (χ3v) is 8.61. The zero-order chi connectivity index (χ0) is 24.3. The van der Waals surface area contributed by atoms with Gasteiger partial charge in [0.15, 0.2) is 0 Å². The van der Waals surface area contributed by atoms with Crippen LogP contribution in [0.3, 0.4) is 0 Å². The molecule has 0 aromatic heterocycles. The van der Waals surface area contributed by atoms with Gasteiger partial charge in [0.05, 0.1) is 13.2 Å². The molecule has 2 saturated heterocycles. The number of nitrogens with zero attached hydrogens (tertiary/aromatic N) is 3. The molecule has 0 saturated carbocycles. The van der Waals surface area contributed by atoms with Crippen molar-refractivity contribution in [2.24, 2.45) is 0 Å². The average Bonchev–Trinajstić information content (AvgIpc) is 2.78. The summed E-state index contributed by atoms with van der Waals surface area (Å²) in [5.41, 5.74) is 1.98. The Kier molecular flexibility index (Phi) is 7.70. The van der Waals surface area contributed by atoms with E-state index in [1.54, 1.807) is 6.07 Å². The first kappa shape index (κ1) is 24.8. The Hall–Kier alpha value is -2.28. The SMILES string of the molecule is CN(C)CC#Cc1ccc([C@@H]2[C@H](CO)N3CCCCN(S(=O)(=O)c4ccccc4F)C[C@@H]23)cc1. The first-order valence-electron chi connectivity index (χ1n) is 11.7. The van der Waals surface area contributed by atoms with Gasteiger partial charge in [0.1, 0.15) is 10.7 Å². The van der Waals surface area contributed by atoms with Gasteiger partial charge in [-0.1, -0.05) is 36.1 Å². The van der Waals surface area contributed by atoms with Gasteiger partial charge in [0.2, 0.25) is 10.0 Å². The summed E-state index contributed by atoms with van der Waals surface area (Å²) in [7, 11) is -0.0176. The second-order valence-electron chi connectivity index (χ2n) is 9.24. The highest BCUT2D eigenvalue weighted by Crippen LogP contribution is 2.42. The van der Waals surface area contributed by atoms with Crippen molar-refractivity contribution < 1.29 is 17.9 Å². The van der Waals surface area contributed by atoms with E-state index in [4.69, 9.17) is 0 Å². The fraction of sp³-hybridized carbons (Fsp3) is 0.462. The molecule has 2 aliphatic rings. The minimum atomic E-state index is -3.96. The van der Waals surface area contributed by atoms with Crippen LogP contribution in [0.4, 0.5) is 4.39 Å². The highest BCUT2D eigenvalue weighted by molar-refractivity contribution is 7.89. The van der Waals surface area contributed by atoms with Crippen molar-refractivity contribution in [1.29, 1.82) is 0 Å². The average molecular weight is 486 g/mol. The summed E-state index contributed by atoms with van der Waals surface area (Å²) < 4.78 is 42.5. The van der Waals surface area contributed by atoms with E-state index in [2.05, 4.69) is 16.7 Å². The molecule has 0 aliphatic carbocycles. The summed E-state index contributed by atoms with van der Waals surface area (Å²) in [6.07, 6.45) is 1.52. The predicted octanol–water partition coefficient (Wildman–Crippen LogP) is 2.35. The van der Waals surface area contributed by atoms with Gasteiger partial charge in [-0.3, -0.25) is 9.80 Å². The van der Waals surface area contributed by atoms with E-state index in [9.17, 15) is 17.9 Å². The van der Waals surface area contributed by atoms with Crippen molar-refractivity contribution in [3.05, 3.63) is 65.5 Å². The summed E-state index contributed by atoms with van der Waals surface area (Å²) >= 11 is 0. The van der Waals surface area contributed by atoms with Gasteiger partial charge in [-0.15, -0.1) is 0 Å². The Morgan fingerprint density at radius 1 is 1.09 bits per heavy atom. The summed E-state index contributed by atoms with van der Waals surface area (Å²) in [6, 6.07) is 13.4. The van der Waals surface area contributed by atoms with Gasteiger partial charge in [0.25, 0.3) is 0 Å². The van der Waals surface area contributed by atoms with Crippen molar-refractivity contribution in [2.75, 3.05) is 46.9 Å². The van der Waals surface area contributed by atoms with Crippen LogP contribution in [-0.4, -0.2) is 86.6 Å². The van der Waals surface area contributed by atoms with E-state index in [0.717, 1.165) is 24.1 Å². The number of sulfonamides is 1. The molecule has 0 bridgehead atoms. The topological polar surface area (TPSA) is 64.1 Å². The standard InChI is InChI=1S/C26H32FN3O3S/c1-28(2)15-7-8-20-11-13-21(14-12-20)26-23-18-29(16-5-6-17-30(23)24(26)19-31)34(32,33)25-10-4-3-9-22(25)27/h3-4,9-14,23-24,26,31H,5-6,15-19H2,1-2H3/t23-,24-,26-/m0/s1. The summed E-state index contributed by atoms with van der Waals surface area (Å²) in [6.45, 7) is 2.13. The van der Waals surface area contributed by atoms with Gasteiger partial charge in [-0.25, -0.2) is 12.8 Å². The van der Waals surface area contributed by atoms with E-state index in [0.29, 0.717) is 19.5 Å². The minimum absolute atomic E-state index is 0.00558. The summed E-state index contributed by atoms with van der Waals surface area (Å²) in [5, 5.41) is 10.1. The lowest BCUT2D eigenvalue weighted by Crippen LogP contribution is -2.67. The smallest absolute Gasteiger partial charge is 0.246 e. The van der Waals surface area contributed by atoms with Crippen LogP contribution >= 0.6 is 0 Å². The third kappa shape index (κ3) is 5.04. The molecule has 2 aromatic rings. The largest absolute Gasteiger partial charge is 0.395 e. The van der Waals surface area contributed by atoms with E-state index in [-0.39, 0.29) is 36.0 Å². The lowest BCUT2D eigenvalue weighted by Gasteiger charge is -2.57. The molecule has 4 rings (SSSR count). The molecule has 8 heteroatoms. The lowest BCUT2D eigenvalue weighted by molar-refractivity contribution is -0.0554. The van der Waals surface area contributed by atoms with Crippen LogP contribution in [0, 0.1) is 17.7 Å². The first-order chi connectivity index (χ1) is 16.3. The lowest BCUT2D eigenvalue weighted by atomic mass is 9.74. The van der Waals surface area contributed by atoms with Crippen LogP contribution < -0.4 is 0 Å². The van der Waals surface area contributed by atoms with Crippen molar-refractivity contribution in [2.45, 2.75) is 35.7 Å². The van der Waals surface area contributed by atoms with Crippen LogP contribution in [0.25, 0.3) is 0 Å². The molecule has 3 atom stereocenters. The maximum Gasteiger partial charge on any atom is 0.246 e. The highest BCUT2D eigenvalue weighted by atomic mass is 32.2. The zero-order valence-corrected chi connectivity index (χ0v) is 20.5. The molecule has 2 heterocycles. The molecule has 6 nitrogen and oxygen atoms in total. The van der Waals surface area contributed by atoms with Crippen LogP contribution in [0.5, 0.6) is 0 Å². The molecular formula is C26H32FN3O3S. The summed E-state index contributed by atoms with van der Waals surface area (Å²) in [4.78, 5) is 3.93. The number of aliphatic hydroxyl groups excluding tert-OH is 1. The molecule has 2 aromatic carbocycles. The second-order valence-corrected chi connectivity index (χ2v) is 11.1. The highest BCUT2D eigenvalue weighted by Gasteiger charge is 2.50. The van der Waals surface area contributed by atoms with Crippen molar-refractivity contribution in [3.63, 3.8) is 0 Å². The Morgan fingerprint density at radius 3 is 2.47 bits per heavy atom. The van der Waals surface area contributed by atoms with E-state index in [1.807, 2.05) is 43.3 Å². The van der Waals surface area contributed by atoms with Crippen LogP contribution in [0.1, 0.15) is 29.9 Å². The number of hydrogen-bond acceptors (Lipinski definition) is 5. The van der Waals surface area contributed by atoms with E-state index >= 15 is 0 Å². The molecule has 2 aliphatic heterocycles. The first-order valence-corrected chi connectivity index (χ1v) is 13.1. The Morgan fingerprint density at radius 2 is 1.79 bits per heavy atom. The van der Waals surface area contributed by atoms with Gasteiger partial charge in [0, 0.05) is 36.7 Å². The molecule has 1 N–H and O–H groups in total. The minimum Gasteiger partial charge on any atom is -0.395 e. The zero-order valence-electron chi connectivity index (χ0n) is 19.7. The molecule has 182 valence electrons. The quantitative estimate of drug-likeness (QED) is 0.659. The van der Waals surface area contributed by atoms with E-state index in [1.165, 1.54) is 22.5 Å². The molecule has 2 fully saturated rings. The maximum absolute atomic E-state index is 14.4. The Balaban J connectivity index is 1.59. The second kappa shape index (κ2) is 10.5. The monoisotopic (exact) mass is 485 g/mol. The Labute approximate surface area is 202 Å². The van der Waals surface area contributed by atoms with Gasteiger partial charge >= 0.3 is 0 Å². The molecule has 0 amide bonds.